The summed E-state index contributed by atoms with van der Waals surface area (Å²) in [5.74, 6) is 1.89. The maximum Gasteiger partial charge on any atom is 0.131 e. The minimum absolute atomic E-state index is 0.100. The van der Waals surface area contributed by atoms with Crippen LogP contribution in [0.4, 0.5) is 5.82 Å². The van der Waals surface area contributed by atoms with Crippen LogP contribution in [0.1, 0.15) is 46.2 Å². The molecule has 2 aliphatic rings. The molecule has 2 aliphatic heterocycles. The van der Waals surface area contributed by atoms with Gasteiger partial charge in [0.2, 0.25) is 0 Å². The van der Waals surface area contributed by atoms with Crippen molar-refractivity contribution in [1.82, 2.24) is 20.1 Å². The van der Waals surface area contributed by atoms with Gasteiger partial charge in [0.15, 0.2) is 0 Å². The molecule has 0 amide bonds. The van der Waals surface area contributed by atoms with Gasteiger partial charge in [-0.2, -0.15) is 5.10 Å². The van der Waals surface area contributed by atoms with Gasteiger partial charge in [0.05, 0.1) is 11.4 Å². The van der Waals surface area contributed by atoms with Crippen LogP contribution >= 0.6 is 0 Å². The Morgan fingerprint density at radius 2 is 1.81 bits per heavy atom. The maximum absolute atomic E-state index is 6.10. The minimum Gasteiger partial charge on any atom is -0.487 e. The van der Waals surface area contributed by atoms with E-state index < -0.39 is 0 Å². The van der Waals surface area contributed by atoms with Gasteiger partial charge in [-0.1, -0.05) is 0 Å². The third kappa shape index (κ3) is 3.81. The molecule has 0 bridgehead atoms. The first kappa shape index (κ1) is 20.1. The number of hydrogen-bond acceptors (Lipinski definition) is 5. The highest BCUT2D eigenvalue weighted by Crippen LogP contribution is 2.39. The predicted molar refractivity (Wildman–Crippen MR) is 124 cm³/mol. The van der Waals surface area contributed by atoms with E-state index in [9.17, 15) is 0 Å². The van der Waals surface area contributed by atoms with E-state index in [1.807, 2.05) is 23.0 Å². The zero-order valence-electron chi connectivity index (χ0n) is 19.0. The molecule has 3 aromatic rings. The van der Waals surface area contributed by atoms with E-state index in [2.05, 4.69) is 74.3 Å². The van der Waals surface area contributed by atoms with Crippen molar-refractivity contribution in [2.24, 2.45) is 0 Å². The minimum atomic E-state index is 0.100. The average molecular weight is 418 g/mol. The molecule has 0 radical (unpaired) electrons. The molecule has 6 heteroatoms. The fourth-order valence-corrected chi connectivity index (χ4v) is 5.33. The van der Waals surface area contributed by atoms with Crippen LogP contribution in [0.5, 0.6) is 5.75 Å². The summed E-state index contributed by atoms with van der Waals surface area (Å²) < 4.78 is 7.95. The van der Waals surface area contributed by atoms with Crippen molar-refractivity contribution < 1.29 is 4.74 Å². The monoisotopic (exact) mass is 417 g/mol. The van der Waals surface area contributed by atoms with Gasteiger partial charge in [0.25, 0.3) is 0 Å². The van der Waals surface area contributed by atoms with Crippen LogP contribution < -0.4 is 15.0 Å². The average Bonchev–Trinajstić information content (AvgIpc) is 3.25. The second kappa shape index (κ2) is 7.09. The van der Waals surface area contributed by atoms with Crippen molar-refractivity contribution in [3.05, 3.63) is 54.5 Å². The third-order valence-corrected chi connectivity index (χ3v) is 6.43. The van der Waals surface area contributed by atoms with Gasteiger partial charge in [-0.3, -0.25) is 0 Å². The molecule has 0 spiro atoms. The SMILES string of the molecule is CN(c1ccc2c(n1)COc1cc(-n3cccn3)ccc1-2)C1CC(C)(C)NC(C)(C)C1. The van der Waals surface area contributed by atoms with E-state index in [1.165, 1.54) is 0 Å². The molecule has 1 fully saturated rings. The molecule has 1 aromatic carbocycles. The van der Waals surface area contributed by atoms with Crippen LogP contribution in [-0.4, -0.2) is 38.9 Å². The summed E-state index contributed by atoms with van der Waals surface area (Å²) in [5.41, 5.74) is 4.43. The zero-order chi connectivity index (χ0) is 21.8. The summed E-state index contributed by atoms with van der Waals surface area (Å²) >= 11 is 0. The molecule has 1 N–H and O–H groups in total. The Labute approximate surface area is 184 Å². The highest BCUT2D eigenvalue weighted by atomic mass is 16.5. The molecule has 162 valence electrons. The molecule has 31 heavy (non-hydrogen) atoms. The molecule has 0 unspecified atom stereocenters. The molecule has 0 saturated carbocycles. The molecular weight excluding hydrogens is 386 g/mol. The van der Waals surface area contributed by atoms with Gasteiger partial charge in [0.1, 0.15) is 18.2 Å². The topological polar surface area (TPSA) is 55.2 Å². The van der Waals surface area contributed by atoms with Crippen molar-refractivity contribution in [2.75, 3.05) is 11.9 Å². The van der Waals surface area contributed by atoms with Gasteiger partial charge in [-0.15, -0.1) is 0 Å². The van der Waals surface area contributed by atoms with E-state index >= 15 is 0 Å². The van der Waals surface area contributed by atoms with Crippen LogP contribution in [0, 0.1) is 0 Å². The first-order chi connectivity index (χ1) is 14.7. The number of fused-ring (bicyclic) bond motifs is 3. The Morgan fingerprint density at radius 3 is 2.52 bits per heavy atom. The summed E-state index contributed by atoms with van der Waals surface area (Å²) in [6, 6.07) is 12.9. The Morgan fingerprint density at radius 1 is 1.06 bits per heavy atom. The van der Waals surface area contributed by atoms with E-state index in [0.717, 1.165) is 46.9 Å². The number of rotatable bonds is 3. The van der Waals surface area contributed by atoms with Crippen molar-refractivity contribution in [1.29, 1.82) is 0 Å². The van der Waals surface area contributed by atoms with Gasteiger partial charge < -0.3 is 15.0 Å². The number of ether oxygens (including phenoxy) is 1. The lowest BCUT2D eigenvalue weighted by atomic mass is 9.79. The molecular formula is C25H31N5O. The van der Waals surface area contributed by atoms with Crippen molar-refractivity contribution in [3.8, 4) is 22.6 Å². The number of piperidine rings is 1. The Balaban J connectivity index is 1.43. The van der Waals surface area contributed by atoms with E-state index in [0.29, 0.717) is 12.6 Å². The van der Waals surface area contributed by atoms with Gasteiger partial charge >= 0.3 is 0 Å². The number of nitrogens with zero attached hydrogens (tertiary/aromatic N) is 4. The lowest BCUT2D eigenvalue weighted by Crippen LogP contribution is -2.62. The summed E-state index contributed by atoms with van der Waals surface area (Å²) in [6.45, 7) is 9.64. The highest BCUT2D eigenvalue weighted by molar-refractivity contribution is 5.76. The van der Waals surface area contributed by atoms with Crippen LogP contribution in [0.15, 0.2) is 48.8 Å². The molecule has 5 rings (SSSR count). The quantitative estimate of drug-likeness (QED) is 0.676. The smallest absolute Gasteiger partial charge is 0.131 e. The third-order valence-electron chi connectivity index (χ3n) is 6.43. The van der Waals surface area contributed by atoms with Gasteiger partial charge in [-0.25, -0.2) is 9.67 Å². The van der Waals surface area contributed by atoms with E-state index in [1.54, 1.807) is 6.20 Å². The number of nitrogens with one attached hydrogen (secondary N) is 1. The normalized spacial score (nSPS) is 19.3. The Hall–Kier alpha value is -2.86. The highest BCUT2D eigenvalue weighted by Gasteiger charge is 2.39. The molecule has 4 heterocycles. The van der Waals surface area contributed by atoms with Crippen LogP contribution in [0.3, 0.4) is 0 Å². The summed E-state index contributed by atoms with van der Waals surface area (Å²) in [6.07, 6.45) is 5.89. The lowest BCUT2D eigenvalue weighted by molar-refractivity contribution is 0.160. The standard InChI is InChI=1S/C25H31N5O/c1-24(2)14-18(15-25(3,4)28-24)29(5)23-10-9-19-20-8-7-17(30-12-6-11-26-30)13-22(20)31-16-21(19)27-23/h6-13,18,28H,14-16H2,1-5H3. The van der Waals surface area contributed by atoms with Crippen LogP contribution in [0.25, 0.3) is 16.8 Å². The van der Waals surface area contributed by atoms with Crippen LogP contribution in [0.2, 0.25) is 0 Å². The summed E-state index contributed by atoms with van der Waals surface area (Å²) in [4.78, 5) is 7.37. The molecule has 0 aliphatic carbocycles. The maximum atomic E-state index is 6.10. The number of benzene rings is 1. The van der Waals surface area contributed by atoms with Crippen molar-refractivity contribution >= 4 is 5.82 Å². The second-order valence-electron chi connectivity index (χ2n) is 10.1. The van der Waals surface area contributed by atoms with Crippen molar-refractivity contribution in [3.63, 3.8) is 0 Å². The summed E-state index contributed by atoms with van der Waals surface area (Å²) in [7, 11) is 2.17. The number of aromatic nitrogens is 3. The fourth-order valence-electron chi connectivity index (χ4n) is 5.33. The first-order valence-electron chi connectivity index (χ1n) is 11.0. The zero-order valence-corrected chi connectivity index (χ0v) is 19.0. The number of pyridine rings is 1. The molecule has 2 aromatic heterocycles. The second-order valence-corrected chi connectivity index (χ2v) is 10.1. The number of hydrogen-bond donors (Lipinski definition) is 1. The van der Waals surface area contributed by atoms with E-state index in [-0.39, 0.29) is 11.1 Å². The first-order valence-corrected chi connectivity index (χ1v) is 11.0. The van der Waals surface area contributed by atoms with E-state index in [4.69, 9.17) is 9.72 Å². The Bertz CT molecular complexity index is 1090. The summed E-state index contributed by atoms with van der Waals surface area (Å²) in [5, 5.41) is 8.08. The van der Waals surface area contributed by atoms with Gasteiger partial charge in [-0.05, 0) is 70.9 Å². The Kier molecular flexibility index (Phi) is 4.59. The predicted octanol–water partition coefficient (Wildman–Crippen LogP) is 4.57. The van der Waals surface area contributed by atoms with Crippen molar-refractivity contribution in [2.45, 2.75) is 64.3 Å². The largest absolute Gasteiger partial charge is 0.487 e. The number of anilines is 1. The molecule has 0 atom stereocenters. The molecule has 1 saturated heterocycles. The molecule has 6 nitrogen and oxygen atoms in total. The fraction of sp³-hybridized carbons (Fsp3) is 0.440. The van der Waals surface area contributed by atoms with Gasteiger partial charge in [0, 0.05) is 53.8 Å². The van der Waals surface area contributed by atoms with Crippen LogP contribution in [-0.2, 0) is 6.61 Å². The lowest BCUT2D eigenvalue weighted by Gasteiger charge is -2.49.